The molecule has 1 N–H and O–H groups in total. The van der Waals surface area contributed by atoms with Crippen LogP contribution in [0.25, 0.3) is 0 Å². The molecule has 0 bridgehead atoms. The van der Waals surface area contributed by atoms with Gasteiger partial charge in [0.1, 0.15) is 5.88 Å². The molecule has 5 nitrogen and oxygen atoms in total. The summed E-state index contributed by atoms with van der Waals surface area (Å²) in [5, 5.41) is 11.0. The summed E-state index contributed by atoms with van der Waals surface area (Å²) in [6.07, 6.45) is 3.87. The minimum Gasteiger partial charge on any atom is -0.407 e. The third kappa shape index (κ3) is 2.01. The van der Waals surface area contributed by atoms with Gasteiger partial charge in [0.2, 0.25) is 5.89 Å². The maximum atomic E-state index is 5.72. The van der Waals surface area contributed by atoms with Crippen molar-refractivity contribution >= 4 is 17.6 Å². The van der Waals surface area contributed by atoms with Crippen LogP contribution < -0.4 is 5.32 Å². The minimum atomic E-state index is 0.252. The zero-order valence-corrected chi connectivity index (χ0v) is 9.61. The number of alkyl halides is 1. The van der Waals surface area contributed by atoms with Crippen LogP contribution in [0.15, 0.2) is 4.42 Å². The lowest BCUT2D eigenvalue weighted by atomic mass is 10.1. The highest BCUT2D eigenvalue weighted by Crippen LogP contribution is 2.39. The zero-order valence-electron chi connectivity index (χ0n) is 8.86. The standard InChI is InChI=1S/C10H14ClN3O2/c11-5-8-13-14-10(16-8)12-7-3-4-15-9(7)6-1-2-6/h6-7,9H,1-5H2,(H,12,14). The van der Waals surface area contributed by atoms with Crippen molar-refractivity contribution < 1.29 is 9.15 Å². The van der Waals surface area contributed by atoms with Crippen LogP contribution in [0.2, 0.25) is 0 Å². The topological polar surface area (TPSA) is 60.2 Å². The van der Waals surface area contributed by atoms with Crippen LogP contribution in [0.4, 0.5) is 6.01 Å². The summed E-state index contributed by atoms with van der Waals surface area (Å²) in [4.78, 5) is 0. The van der Waals surface area contributed by atoms with Crippen LogP contribution in [-0.4, -0.2) is 29.0 Å². The minimum absolute atomic E-state index is 0.252. The van der Waals surface area contributed by atoms with E-state index in [0.717, 1.165) is 18.9 Å². The van der Waals surface area contributed by atoms with Crippen LogP contribution >= 0.6 is 11.6 Å². The molecule has 2 aliphatic rings. The van der Waals surface area contributed by atoms with E-state index >= 15 is 0 Å². The lowest BCUT2D eigenvalue weighted by molar-refractivity contribution is 0.0895. The van der Waals surface area contributed by atoms with Gasteiger partial charge in [-0.05, 0) is 25.2 Å². The number of ether oxygens (including phenoxy) is 1. The molecule has 2 unspecified atom stereocenters. The van der Waals surface area contributed by atoms with E-state index in [-0.39, 0.29) is 5.88 Å². The van der Waals surface area contributed by atoms with Crippen molar-refractivity contribution in [1.82, 2.24) is 10.2 Å². The van der Waals surface area contributed by atoms with Gasteiger partial charge in [-0.1, -0.05) is 5.10 Å². The summed E-state index contributed by atoms with van der Waals surface area (Å²) in [5.41, 5.74) is 0. The highest BCUT2D eigenvalue weighted by molar-refractivity contribution is 6.16. The Morgan fingerprint density at radius 1 is 1.31 bits per heavy atom. The molecule has 0 radical (unpaired) electrons. The molecular formula is C10H14ClN3O2. The molecule has 1 aromatic rings. The van der Waals surface area contributed by atoms with Crippen molar-refractivity contribution in [2.24, 2.45) is 5.92 Å². The Morgan fingerprint density at radius 3 is 2.88 bits per heavy atom. The number of nitrogens with one attached hydrogen (secondary N) is 1. The Kier molecular flexibility index (Phi) is 2.73. The molecule has 16 heavy (non-hydrogen) atoms. The highest BCUT2D eigenvalue weighted by atomic mass is 35.5. The molecule has 6 heteroatoms. The average Bonchev–Trinajstić information content (AvgIpc) is 2.88. The Labute approximate surface area is 98.5 Å². The van der Waals surface area contributed by atoms with Crippen LogP contribution in [0.5, 0.6) is 0 Å². The van der Waals surface area contributed by atoms with Gasteiger partial charge in [-0.25, -0.2) is 0 Å². The largest absolute Gasteiger partial charge is 0.407 e. The number of nitrogens with zero attached hydrogens (tertiary/aromatic N) is 2. The highest BCUT2D eigenvalue weighted by Gasteiger charge is 2.41. The van der Waals surface area contributed by atoms with Crippen LogP contribution in [-0.2, 0) is 10.6 Å². The summed E-state index contributed by atoms with van der Waals surface area (Å²) in [5.74, 6) is 1.42. The summed E-state index contributed by atoms with van der Waals surface area (Å²) in [6, 6.07) is 0.757. The molecule has 88 valence electrons. The third-order valence-electron chi connectivity index (χ3n) is 3.11. The summed E-state index contributed by atoms with van der Waals surface area (Å²) >= 11 is 5.60. The molecule has 2 fully saturated rings. The first kappa shape index (κ1) is 10.4. The number of anilines is 1. The molecule has 0 aromatic carbocycles. The maximum Gasteiger partial charge on any atom is 0.315 e. The van der Waals surface area contributed by atoms with Crippen molar-refractivity contribution in [2.75, 3.05) is 11.9 Å². The Balaban J connectivity index is 1.64. The Hall–Kier alpha value is -0.810. The van der Waals surface area contributed by atoms with Gasteiger partial charge in [0.05, 0.1) is 12.1 Å². The molecule has 3 rings (SSSR count). The number of rotatable bonds is 4. The Morgan fingerprint density at radius 2 is 2.19 bits per heavy atom. The van der Waals surface area contributed by atoms with Crippen molar-refractivity contribution in [3.8, 4) is 0 Å². The van der Waals surface area contributed by atoms with E-state index in [1.54, 1.807) is 0 Å². The third-order valence-corrected chi connectivity index (χ3v) is 3.34. The lowest BCUT2D eigenvalue weighted by Gasteiger charge is -2.17. The first-order chi connectivity index (χ1) is 7.86. The lowest BCUT2D eigenvalue weighted by Crippen LogP contribution is -2.31. The number of hydrogen-bond donors (Lipinski definition) is 1. The van der Waals surface area contributed by atoms with Gasteiger partial charge < -0.3 is 14.5 Å². The van der Waals surface area contributed by atoms with Crippen molar-refractivity contribution in [3.63, 3.8) is 0 Å². The van der Waals surface area contributed by atoms with Crippen molar-refractivity contribution in [2.45, 2.75) is 37.3 Å². The molecule has 2 heterocycles. The summed E-state index contributed by atoms with van der Waals surface area (Å²) < 4.78 is 11.0. The van der Waals surface area contributed by atoms with Gasteiger partial charge in [0.25, 0.3) is 0 Å². The number of hydrogen-bond acceptors (Lipinski definition) is 5. The normalized spacial score (nSPS) is 29.6. The van der Waals surface area contributed by atoms with E-state index in [1.807, 2.05) is 0 Å². The van der Waals surface area contributed by atoms with E-state index in [9.17, 15) is 0 Å². The first-order valence-electron chi connectivity index (χ1n) is 5.63. The molecule has 1 aromatic heterocycles. The smallest absolute Gasteiger partial charge is 0.315 e. The fraction of sp³-hybridized carbons (Fsp3) is 0.800. The Bertz CT molecular complexity index is 367. The predicted octanol–water partition coefficient (Wildman–Crippen LogP) is 1.79. The molecule has 1 saturated heterocycles. The zero-order chi connectivity index (χ0) is 11.0. The summed E-state index contributed by atoms with van der Waals surface area (Å²) in [7, 11) is 0. The molecule has 1 aliphatic carbocycles. The van der Waals surface area contributed by atoms with E-state index < -0.39 is 0 Å². The van der Waals surface area contributed by atoms with Crippen LogP contribution in [0.3, 0.4) is 0 Å². The van der Waals surface area contributed by atoms with Crippen molar-refractivity contribution in [3.05, 3.63) is 5.89 Å². The number of halogens is 1. The molecule has 0 spiro atoms. The predicted molar refractivity (Wildman–Crippen MR) is 58.3 cm³/mol. The van der Waals surface area contributed by atoms with E-state index in [2.05, 4.69) is 15.5 Å². The molecule has 1 saturated carbocycles. The second-order valence-corrected chi connectivity index (χ2v) is 4.61. The number of aromatic nitrogens is 2. The SMILES string of the molecule is ClCc1nnc(NC2CCOC2C2CC2)o1. The quantitative estimate of drug-likeness (QED) is 0.817. The monoisotopic (exact) mass is 243 g/mol. The fourth-order valence-corrected chi connectivity index (χ4v) is 2.29. The van der Waals surface area contributed by atoms with Gasteiger partial charge in [-0.15, -0.1) is 16.7 Å². The van der Waals surface area contributed by atoms with Gasteiger partial charge in [0, 0.05) is 6.61 Å². The van der Waals surface area contributed by atoms with Crippen LogP contribution in [0, 0.1) is 5.92 Å². The summed E-state index contributed by atoms with van der Waals surface area (Å²) in [6.45, 7) is 0.815. The average molecular weight is 244 g/mol. The molecule has 2 atom stereocenters. The van der Waals surface area contributed by atoms with Gasteiger partial charge >= 0.3 is 6.01 Å². The second kappa shape index (κ2) is 4.22. The van der Waals surface area contributed by atoms with E-state index in [1.165, 1.54) is 12.8 Å². The van der Waals surface area contributed by atoms with Gasteiger partial charge in [-0.3, -0.25) is 0 Å². The maximum absolute atomic E-state index is 5.72. The molecular weight excluding hydrogens is 230 g/mol. The van der Waals surface area contributed by atoms with Crippen molar-refractivity contribution in [1.29, 1.82) is 0 Å². The van der Waals surface area contributed by atoms with Gasteiger partial charge in [-0.2, -0.15) is 0 Å². The van der Waals surface area contributed by atoms with E-state index in [4.69, 9.17) is 20.8 Å². The fourth-order valence-electron chi connectivity index (χ4n) is 2.18. The molecule has 0 amide bonds. The first-order valence-corrected chi connectivity index (χ1v) is 6.17. The van der Waals surface area contributed by atoms with Crippen LogP contribution in [0.1, 0.15) is 25.2 Å². The van der Waals surface area contributed by atoms with E-state index in [0.29, 0.717) is 24.1 Å². The second-order valence-electron chi connectivity index (χ2n) is 4.35. The molecule has 1 aliphatic heterocycles. The van der Waals surface area contributed by atoms with Gasteiger partial charge in [0.15, 0.2) is 0 Å².